The molecule has 0 fully saturated rings. The second-order valence-electron chi connectivity index (χ2n) is 5.26. The fraction of sp³-hybridized carbons (Fsp3) is 0.176. The minimum atomic E-state index is -1.01. The van der Waals surface area contributed by atoms with E-state index in [0.29, 0.717) is 0 Å². The van der Waals surface area contributed by atoms with E-state index >= 15 is 0 Å². The average molecular weight is 343 g/mol. The molecule has 1 heterocycles. The van der Waals surface area contributed by atoms with Crippen LogP contribution in [0.15, 0.2) is 42.5 Å². The predicted molar refractivity (Wildman–Crippen MR) is 85.1 cm³/mol. The van der Waals surface area contributed by atoms with Gasteiger partial charge in [-0.2, -0.15) is 0 Å². The molecule has 0 spiro atoms. The highest BCUT2D eigenvalue weighted by Gasteiger charge is 2.32. The Morgan fingerprint density at radius 3 is 2.76 bits per heavy atom. The smallest absolute Gasteiger partial charge is 0.310 e. The number of rotatable bonds is 4. The van der Waals surface area contributed by atoms with Gasteiger partial charge in [-0.1, -0.05) is 12.1 Å². The van der Waals surface area contributed by atoms with E-state index in [1.165, 1.54) is 43.3 Å². The quantitative estimate of drug-likeness (QED) is 0.363. The first-order valence-electron chi connectivity index (χ1n) is 7.35. The van der Waals surface area contributed by atoms with Crippen molar-refractivity contribution < 1.29 is 28.7 Å². The van der Waals surface area contributed by atoms with Crippen LogP contribution in [0.2, 0.25) is 0 Å². The van der Waals surface area contributed by atoms with Crippen molar-refractivity contribution in [1.82, 2.24) is 0 Å². The molecule has 8 nitrogen and oxygen atoms in total. The number of para-hydroxylation sites is 2. The summed E-state index contributed by atoms with van der Waals surface area (Å²) in [5.74, 6) is -0.328. The minimum absolute atomic E-state index is 0.00515. The van der Waals surface area contributed by atoms with Gasteiger partial charge in [-0.25, -0.2) is 0 Å². The highest BCUT2D eigenvalue weighted by atomic mass is 16.6. The largest absolute Gasteiger partial charge is 0.488 e. The van der Waals surface area contributed by atoms with Gasteiger partial charge in [0.15, 0.2) is 11.9 Å². The predicted octanol–water partition coefficient (Wildman–Crippen LogP) is 2.54. The number of hydrogen-bond donors (Lipinski definition) is 0. The third-order valence-corrected chi connectivity index (χ3v) is 3.49. The molecule has 2 aromatic carbocycles. The molecule has 0 saturated heterocycles. The lowest BCUT2D eigenvalue weighted by molar-refractivity contribution is -0.386. The summed E-state index contributed by atoms with van der Waals surface area (Å²) in [5.41, 5.74) is 0.0250. The van der Waals surface area contributed by atoms with Crippen molar-refractivity contribution >= 4 is 17.4 Å². The summed E-state index contributed by atoms with van der Waals surface area (Å²) in [4.78, 5) is 34.0. The third kappa shape index (κ3) is 3.42. The standard InChI is InChI=1S/C17H13NO7/c1-10(19)24-11-6-7-12-15(8-11)23-9-16(17(12)20)25-14-5-3-2-4-13(14)18(21)22/h2-8,16H,9H2,1H3. The highest BCUT2D eigenvalue weighted by Crippen LogP contribution is 2.32. The molecule has 0 aliphatic carbocycles. The second-order valence-corrected chi connectivity index (χ2v) is 5.26. The fourth-order valence-electron chi connectivity index (χ4n) is 2.42. The number of benzene rings is 2. The van der Waals surface area contributed by atoms with E-state index in [9.17, 15) is 19.7 Å². The van der Waals surface area contributed by atoms with Gasteiger partial charge in [0.2, 0.25) is 5.78 Å². The number of carbonyl (C=O) groups excluding carboxylic acids is 2. The molecule has 1 unspecified atom stereocenters. The Bertz CT molecular complexity index is 862. The van der Waals surface area contributed by atoms with Crippen LogP contribution in [0.3, 0.4) is 0 Å². The van der Waals surface area contributed by atoms with E-state index in [-0.39, 0.29) is 40.9 Å². The van der Waals surface area contributed by atoms with Crippen LogP contribution in [0.1, 0.15) is 17.3 Å². The summed E-state index contributed by atoms with van der Waals surface area (Å²) in [7, 11) is 0. The van der Waals surface area contributed by atoms with Gasteiger partial charge in [-0.15, -0.1) is 0 Å². The van der Waals surface area contributed by atoms with E-state index in [2.05, 4.69) is 0 Å². The lowest BCUT2D eigenvalue weighted by Gasteiger charge is -2.25. The van der Waals surface area contributed by atoms with Crippen molar-refractivity contribution in [3.05, 3.63) is 58.1 Å². The van der Waals surface area contributed by atoms with Crippen molar-refractivity contribution in [2.45, 2.75) is 13.0 Å². The Morgan fingerprint density at radius 1 is 1.28 bits per heavy atom. The molecule has 1 atom stereocenters. The first-order chi connectivity index (χ1) is 12.0. The van der Waals surface area contributed by atoms with Gasteiger partial charge in [-0.05, 0) is 18.2 Å². The summed E-state index contributed by atoms with van der Waals surface area (Å²) in [5, 5.41) is 11.0. The van der Waals surface area contributed by atoms with Crippen molar-refractivity contribution in [2.24, 2.45) is 0 Å². The number of nitro benzene ring substituents is 1. The number of nitro groups is 1. The number of fused-ring (bicyclic) bond motifs is 1. The number of nitrogens with zero attached hydrogens (tertiary/aromatic N) is 1. The molecule has 0 N–H and O–H groups in total. The van der Waals surface area contributed by atoms with Gasteiger partial charge in [0.05, 0.1) is 10.5 Å². The van der Waals surface area contributed by atoms with E-state index < -0.39 is 17.0 Å². The zero-order chi connectivity index (χ0) is 18.0. The summed E-state index contributed by atoms with van der Waals surface area (Å²) in [6, 6.07) is 10.2. The maximum atomic E-state index is 12.6. The van der Waals surface area contributed by atoms with Gasteiger partial charge in [0, 0.05) is 19.1 Å². The van der Waals surface area contributed by atoms with Crippen LogP contribution in [0.25, 0.3) is 0 Å². The van der Waals surface area contributed by atoms with Crippen molar-refractivity contribution in [3.63, 3.8) is 0 Å². The topological polar surface area (TPSA) is 105 Å². The number of Topliss-reactive ketones (excluding diaryl/α,β-unsaturated/α-hetero) is 1. The van der Waals surface area contributed by atoms with E-state index in [1.54, 1.807) is 6.07 Å². The molecule has 0 saturated carbocycles. The van der Waals surface area contributed by atoms with Crippen LogP contribution in [-0.4, -0.2) is 29.4 Å². The first-order valence-corrected chi connectivity index (χ1v) is 7.35. The normalized spacial score (nSPS) is 15.7. The molecule has 8 heteroatoms. The number of ether oxygens (including phenoxy) is 3. The highest BCUT2D eigenvalue weighted by molar-refractivity contribution is 6.03. The molecule has 2 aromatic rings. The molecular formula is C17H13NO7. The van der Waals surface area contributed by atoms with E-state index in [4.69, 9.17) is 14.2 Å². The molecule has 25 heavy (non-hydrogen) atoms. The van der Waals surface area contributed by atoms with Crippen molar-refractivity contribution in [2.75, 3.05) is 6.61 Å². The minimum Gasteiger partial charge on any atom is -0.488 e. The number of esters is 1. The molecular weight excluding hydrogens is 330 g/mol. The van der Waals surface area contributed by atoms with Crippen LogP contribution in [0.4, 0.5) is 5.69 Å². The summed E-state index contributed by atoms with van der Waals surface area (Å²) >= 11 is 0. The molecule has 0 bridgehead atoms. The van der Waals surface area contributed by atoms with Gasteiger partial charge in [0.25, 0.3) is 0 Å². The lowest BCUT2D eigenvalue weighted by atomic mass is 10.0. The van der Waals surface area contributed by atoms with Crippen LogP contribution >= 0.6 is 0 Å². The molecule has 3 rings (SSSR count). The van der Waals surface area contributed by atoms with Crippen LogP contribution in [-0.2, 0) is 4.79 Å². The Balaban J connectivity index is 1.83. The second kappa shape index (κ2) is 6.60. The SMILES string of the molecule is CC(=O)Oc1ccc2c(c1)OCC(Oc1ccccc1[N+](=O)[O-])C2=O. The molecule has 0 radical (unpaired) electrons. The summed E-state index contributed by atoms with van der Waals surface area (Å²) in [6.07, 6.45) is -1.01. The van der Waals surface area contributed by atoms with Crippen LogP contribution in [0.5, 0.6) is 17.2 Å². The van der Waals surface area contributed by atoms with Gasteiger partial charge in [0.1, 0.15) is 18.1 Å². The monoisotopic (exact) mass is 343 g/mol. The Labute approximate surface area is 142 Å². The van der Waals surface area contributed by atoms with Crippen molar-refractivity contribution in [3.8, 4) is 17.2 Å². The molecule has 1 aliphatic rings. The Kier molecular flexibility index (Phi) is 4.34. The van der Waals surface area contributed by atoms with E-state index in [1.807, 2.05) is 0 Å². The Morgan fingerprint density at radius 2 is 2.04 bits per heavy atom. The number of ketones is 1. The zero-order valence-electron chi connectivity index (χ0n) is 13.1. The fourth-order valence-corrected chi connectivity index (χ4v) is 2.42. The van der Waals surface area contributed by atoms with Gasteiger partial charge >= 0.3 is 11.7 Å². The number of hydrogen-bond acceptors (Lipinski definition) is 7. The molecule has 0 amide bonds. The maximum Gasteiger partial charge on any atom is 0.310 e. The zero-order valence-corrected chi connectivity index (χ0v) is 13.1. The molecule has 128 valence electrons. The number of carbonyl (C=O) groups is 2. The average Bonchev–Trinajstić information content (AvgIpc) is 2.57. The lowest BCUT2D eigenvalue weighted by Crippen LogP contribution is -2.37. The van der Waals surface area contributed by atoms with E-state index in [0.717, 1.165) is 0 Å². The van der Waals surface area contributed by atoms with Crippen LogP contribution in [0, 0.1) is 10.1 Å². The van der Waals surface area contributed by atoms with Crippen LogP contribution < -0.4 is 14.2 Å². The van der Waals surface area contributed by atoms with Crippen molar-refractivity contribution in [1.29, 1.82) is 0 Å². The summed E-state index contributed by atoms with van der Waals surface area (Å²) in [6.45, 7) is 1.16. The Hall–Kier alpha value is -3.42. The van der Waals surface area contributed by atoms with Gasteiger partial charge < -0.3 is 14.2 Å². The summed E-state index contributed by atoms with van der Waals surface area (Å²) < 4.78 is 15.9. The third-order valence-electron chi connectivity index (χ3n) is 3.49. The maximum absolute atomic E-state index is 12.6. The molecule has 1 aliphatic heterocycles. The molecule has 0 aromatic heterocycles. The first kappa shape index (κ1) is 16.4. The van der Waals surface area contributed by atoms with Gasteiger partial charge in [-0.3, -0.25) is 19.7 Å².